The van der Waals surface area contributed by atoms with Crippen molar-refractivity contribution in [1.29, 1.82) is 0 Å². The van der Waals surface area contributed by atoms with Crippen molar-refractivity contribution in [3.63, 3.8) is 0 Å². The Kier molecular flexibility index (Phi) is 4.58. The number of hydrogen-bond acceptors (Lipinski definition) is 6. The highest BCUT2D eigenvalue weighted by atomic mass is 32.2. The number of aliphatic hydroxyl groups is 1. The standard InChI is InChI=1S/C15H20N2O4S/c1-15(2,3)22(19,20)14-7-6-11(9-16-14)17-12(10-18)13-5-4-8-21-13/h4-9,12,17-18H,10H2,1-3H3/t12-/m1/s1. The van der Waals surface area contributed by atoms with Gasteiger partial charge >= 0.3 is 0 Å². The van der Waals surface area contributed by atoms with Crippen LogP contribution >= 0.6 is 0 Å². The minimum atomic E-state index is -3.48. The molecule has 0 amide bonds. The normalized spacial score (nSPS) is 13.8. The highest BCUT2D eigenvalue weighted by Gasteiger charge is 2.32. The molecular formula is C15H20N2O4S. The zero-order valence-corrected chi connectivity index (χ0v) is 13.6. The number of anilines is 1. The Morgan fingerprint density at radius 1 is 1.32 bits per heavy atom. The first kappa shape index (κ1) is 16.5. The SMILES string of the molecule is CC(C)(C)S(=O)(=O)c1ccc(N[C@H](CO)c2ccco2)cn1. The number of sulfone groups is 1. The highest BCUT2D eigenvalue weighted by molar-refractivity contribution is 7.92. The van der Waals surface area contributed by atoms with Gasteiger partial charge in [-0.15, -0.1) is 0 Å². The minimum absolute atomic E-state index is 0.0316. The van der Waals surface area contributed by atoms with Gasteiger partial charge in [-0.1, -0.05) is 0 Å². The Balaban J connectivity index is 2.19. The summed E-state index contributed by atoms with van der Waals surface area (Å²) in [6.45, 7) is 4.74. The van der Waals surface area contributed by atoms with Crippen LogP contribution in [0.15, 0.2) is 46.2 Å². The Labute approximate surface area is 130 Å². The summed E-state index contributed by atoms with van der Waals surface area (Å²) in [5.74, 6) is 0.592. The average molecular weight is 324 g/mol. The molecule has 0 saturated carbocycles. The Hall–Kier alpha value is -1.86. The van der Waals surface area contributed by atoms with Crippen molar-refractivity contribution < 1.29 is 17.9 Å². The fourth-order valence-electron chi connectivity index (χ4n) is 1.84. The van der Waals surface area contributed by atoms with Crippen molar-refractivity contribution >= 4 is 15.5 Å². The van der Waals surface area contributed by atoms with Gasteiger partial charge in [0.15, 0.2) is 14.9 Å². The molecule has 0 spiro atoms. The highest BCUT2D eigenvalue weighted by Crippen LogP contribution is 2.25. The second kappa shape index (κ2) is 6.10. The van der Waals surface area contributed by atoms with Crippen molar-refractivity contribution in [1.82, 2.24) is 4.98 Å². The lowest BCUT2D eigenvalue weighted by Crippen LogP contribution is -2.28. The number of aliphatic hydroxyl groups excluding tert-OH is 1. The van der Waals surface area contributed by atoms with E-state index in [0.29, 0.717) is 11.4 Å². The van der Waals surface area contributed by atoms with Gasteiger partial charge in [-0.3, -0.25) is 0 Å². The minimum Gasteiger partial charge on any atom is -0.467 e. The topological polar surface area (TPSA) is 92.4 Å². The van der Waals surface area contributed by atoms with E-state index in [2.05, 4.69) is 10.3 Å². The van der Waals surface area contributed by atoms with Crippen molar-refractivity contribution in [2.75, 3.05) is 11.9 Å². The predicted molar refractivity (Wildman–Crippen MR) is 83.3 cm³/mol. The van der Waals surface area contributed by atoms with Crippen LogP contribution in [0, 0.1) is 0 Å². The third kappa shape index (κ3) is 3.31. The van der Waals surface area contributed by atoms with Gasteiger partial charge in [-0.25, -0.2) is 13.4 Å². The average Bonchev–Trinajstić information content (AvgIpc) is 2.98. The molecule has 0 fully saturated rings. The van der Waals surface area contributed by atoms with E-state index in [0.717, 1.165) is 0 Å². The van der Waals surface area contributed by atoms with Crippen LogP contribution in [-0.4, -0.2) is 29.9 Å². The first-order valence-electron chi connectivity index (χ1n) is 6.87. The number of rotatable bonds is 5. The van der Waals surface area contributed by atoms with E-state index in [1.54, 1.807) is 39.0 Å². The largest absolute Gasteiger partial charge is 0.467 e. The maximum Gasteiger partial charge on any atom is 0.200 e. The molecule has 120 valence electrons. The zero-order chi connectivity index (χ0) is 16.4. The number of nitrogens with zero attached hydrogens (tertiary/aromatic N) is 1. The molecule has 1 atom stereocenters. The number of hydrogen-bond donors (Lipinski definition) is 2. The Bertz CT molecular complexity index is 701. The van der Waals surface area contributed by atoms with Crippen LogP contribution in [-0.2, 0) is 9.84 Å². The first-order valence-corrected chi connectivity index (χ1v) is 8.35. The van der Waals surface area contributed by atoms with E-state index in [1.807, 2.05) is 0 Å². The number of furan rings is 1. The van der Waals surface area contributed by atoms with E-state index in [9.17, 15) is 13.5 Å². The molecule has 0 aliphatic heterocycles. The van der Waals surface area contributed by atoms with E-state index in [4.69, 9.17) is 4.42 Å². The first-order chi connectivity index (χ1) is 10.3. The predicted octanol–water partition coefficient (Wildman–Crippen LogP) is 2.39. The zero-order valence-electron chi connectivity index (χ0n) is 12.8. The van der Waals surface area contributed by atoms with Gasteiger partial charge in [-0.05, 0) is 45.0 Å². The van der Waals surface area contributed by atoms with Gasteiger partial charge in [0, 0.05) is 0 Å². The third-order valence-corrected chi connectivity index (χ3v) is 5.63. The third-order valence-electron chi connectivity index (χ3n) is 3.23. The monoisotopic (exact) mass is 324 g/mol. The molecule has 0 bridgehead atoms. The van der Waals surface area contributed by atoms with Gasteiger partial charge < -0.3 is 14.8 Å². The summed E-state index contributed by atoms with van der Waals surface area (Å²) >= 11 is 0. The summed E-state index contributed by atoms with van der Waals surface area (Å²) < 4.78 is 28.9. The van der Waals surface area contributed by atoms with Crippen LogP contribution in [0.4, 0.5) is 5.69 Å². The quantitative estimate of drug-likeness (QED) is 0.877. The summed E-state index contributed by atoms with van der Waals surface area (Å²) in [5.41, 5.74) is 0.600. The van der Waals surface area contributed by atoms with E-state index < -0.39 is 20.6 Å². The van der Waals surface area contributed by atoms with Gasteiger partial charge in [0.1, 0.15) is 11.8 Å². The molecular weight excluding hydrogens is 304 g/mol. The molecule has 0 radical (unpaired) electrons. The van der Waals surface area contributed by atoms with Gasteiger partial charge in [0.2, 0.25) is 0 Å². The second-order valence-corrected chi connectivity index (χ2v) is 8.55. The van der Waals surface area contributed by atoms with Crippen molar-refractivity contribution in [2.45, 2.75) is 36.6 Å². The summed E-state index contributed by atoms with van der Waals surface area (Å²) in [4.78, 5) is 4.02. The van der Waals surface area contributed by atoms with Crippen molar-refractivity contribution in [2.24, 2.45) is 0 Å². The fourth-order valence-corrected chi connectivity index (χ4v) is 2.90. The molecule has 0 aliphatic carbocycles. The molecule has 2 aromatic rings. The van der Waals surface area contributed by atoms with Crippen LogP contribution < -0.4 is 5.32 Å². The summed E-state index contributed by atoms with van der Waals surface area (Å²) in [7, 11) is -3.48. The number of nitrogens with one attached hydrogen (secondary N) is 1. The lowest BCUT2D eigenvalue weighted by Gasteiger charge is -2.19. The lowest BCUT2D eigenvalue weighted by molar-refractivity contribution is 0.261. The Morgan fingerprint density at radius 3 is 2.50 bits per heavy atom. The van der Waals surface area contributed by atoms with E-state index in [1.165, 1.54) is 18.5 Å². The smallest absolute Gasteiger partial charge is 0.200 e. The summed E-state index contributed by atoms with van der Waals surface area (Å²) in [6, 6.07) is 6.15. The molecule has 6 nitrogen and oxygen atoms in total. The van der Waals surface area contributed by atoms with E-state index >= 15 is 0 Å². The number of aromatic nitrogens is 1. The van der Waals surface area contributed by atoms with Crippen molar-refractivity contribution in [3.05, 3.63) is 42.5 Å². The Morgan fingerprint density at radius 2 is 2.05 bits per heavy atom. The molecule has 0 aromatic carbocycles. The van der Waals surface area contributed by atoms with Gasteiger partial charge in [-0.2, -0.15) is 0 Å². The second-order valence-electron chi connectivity index (χ2n) is 5.90. The van der Waals surface area contributed by atoms with Crippen LogP contribution in [0.25, 0.3) is 0 Å². The van der Waals surface area contributed by atoms with Crippen LogP contribution in [0.1, 0.15) is 32.6 Å². The lowest BCUT2D eigenvalue weighted by atomic mass is 10.2. The molecule has 2 N–H and O–H groups in total. The van der Waals surface area contributed by atoms with Crippen LogP contribution in [0.5, 0.6) is 0 Å². The summed E-state index contributed by atoms with van der Waals surface area (Å²) in [6.07, 6.45) is 2.96. The van der Waals surface area contributed by atoms with Crippen molar-refractivity contribution in [3.8, 4) is 0 Å². The maximum atomic E-state index is 12.3. The van der Waals surface area contributed by atoms with Crippen LogP contribution in [0.3, 0.4) is 0 Å². The molecule has 22 heavy (non-hydrogen) atoms. The number of pyridine rings is 1. The molecule has 0 unspecified atom stereocenters. The molecule has 2 heterocycles. The molecule has 0 aliphatic rings. The molecule has 2 rings (SSSR count). The maximum absolute atomic E-state index is 12.3. The molecule has 0 saturated heterocycles. The van der Waals surface area contributed by atoms with E-state index in [-0.39, 0.29) is 11.6 Å². The fraction of sp³-hybridized carbons (Fsp3) is 0.400. The summed E-state index contributed by atoms with van der Waals surface area (Å²) in [5, 5.41) is 12.5. The van der Waals surface area contributed by atoms with Gasteiger partial charge in [0.05, 0.1) is 29.5 Å². The molecule has 2 aromatic heterocycles. The molecule has 7 heteroatoms. The van der Waals surface area contributed by atoms with Crippen LogP contribution in [0.2, 0.25) is 0 Å². The van der Waals surface area contributed by atoms with Gasteiger partial charge in [0.25, 0.3) is 0 Å².